The number of methoxy groups -OCH3 is 2. The normalized spacial score (nSPS) is 11.6. The molecule has 29 heavy (non-hydrogen) atoms. The van der Waals surface area contributed by atoms with Gasteiger partial charge in [-0.3, -0.25) is 0 Å². The fourth-order valence-corrected chi connectivity index (χ4v) is 2.42. The molecular formula is C20H19FN2O6. The van der Waals surface area contributed by atoms with Gasteiger partial charge in [0.2, 0.25) is 5.82 Å². The Morgan fingerprint density at radius 3 is 2.52 bits per heavy atom. The molecule has 0 amide bonds. The van der Waals surface area contributed by atoms with Gasteiger partial charge in [0.1, 0.15) is 23.1 Å². The van der Waals surface area contributed by atoms with E-state index in [4.69, 9.17) is 23.5 Å². The highest BCUT2D eigenvalue weighted by molar-refractivity contribution is 5.74. The van der Waals surface area contributed by atoms with Crippen molar-refractivity contribution < 1.29 is 32.7 Å². The molecule has 0 radical (unpaired) electrons. The van der Waals surface area contributed by atoms with Crippen LogP contribution in [0.25, 0.3) is 11.4 Å². The second kappa shape index (κ2) is 9.05. The Labute approximate surface area is 166 Å². The van der Waals surface area contributed by atoms with E-state index in [-0.39, 0.29) is 18.3 Å². The highest BCUT2D eigenvalue weighted by Gasteiger charge is 2.19. The monoisotopic (exact) mass is 402 g/mol. The van der Waals surface area contributed by atoms with Crippen molar-refractivity contribution in [1.82, 2.24) is 10.1 Å². The molecule has 152 valence electrons. The number of aromatic nitrogens is 2. The Kier molecular flexibility index (Phi) is 6.28. The van der Waals surface area contributed by atoms with Gasteiger partial charge < -0.3 is 23.5 Å². The molecule has 0 bridgehead atoms. The number of halogens is 1. The molecule has 3 rings (SSSR count). The fraction of sp³-hybridized carbons (Fsp3) is 0.250. The molecule has 0 N–H and O–H groups in total. The van der Waals surface area contributed by atoms with Crippen molar-refractivity contribution in [3.05, 3.63) is 54.2 Å². The molecule has 8 nitrogen and oxygen atoms in total. The maximum Gasteiger partial charge on any atom is 0.347 e. The highest BCUT2D eigenvalue weighted by Crippen LogP contribution is 2.31. The summed E-state index contributed by atoms with van der Waals surface area (Å²) < 4.78 is 39.1. The second-order valence-electron chi connectivity index (χ2n) is 5.90. The third-order valence-electron chi connectivity index (χ3n) is 3.91. The van der Waals surface area contributed by atoms with Gasteiger partial charge in [0.05, 0.1) is 19.8 Å². The lowest BCUT2D eigenvalue weighted by Crippen LogP contribution is -2.26. The maximum atomic E-state index is 12.9. The lowest BCUT2D eigenvalue weighted by molar-refractivity contribution is -0.153. The SMILES string of the molecule is COc1ccc(-c2noc(COC(=O)[C@@H](C)Oc3ccc(F)cc3)n2)c(OC)c1. The predicted molar refractivity (Wildman–Crippen MR) is 99.1 cm³/mol. The third kappa shape index (κ3) is 5.01. The van der Waals surface area contributed by atoms with Crippen LogP contribution in [0.3, 0.4) is 0 Å². The van der Waals surface area contributed by atoms with E-state index in [9.17, 15) is 9.18 Å². The number of rotatable bonds is 8. The number of hydrogen-bond acceptors (Lipinski definition) is 8. The van der Waals surface area contributed by atoms with E-state index >= 15 is 0 Å². The van der Waals surface area contributed by atoms with Gasteiger partial charge in [0.15, 0.2) is 12.7 Å². The van der Waals surface area contributed by atoms with E-state index in [1.165, 1.54) is 38.3 Å². The Morgan fingerprint density at radius 1 is 1.10 bits per heavy atom. The minimum atomic E-state index is -0.899. The van der Waals surface area contributed by atoms with Crippen molar-refractivity contribution in [3.8, 4) is 28.6 Å². The molecule has 0 fully saturated rings. The molecule has 2 aromatic carbocycles. The summed E-state index contributed by atoms with van der Waals surface area (Å²) >= 11 is 0. The molecule has 0 spiro atoms. The zero-order valence-corrected chi connectivity index (χ0v) is 16.0. The van der Waals surface area contributed by atoms with Crippen molar-refractivity contribution >= 4 is 5.97 Å². The number of carbonyl (C=O) groups excluding carboxylic acids is 1. The van der Waals surface area contributed by atoms with Crippen LogP contribution in [-0.4, -0.2) is 36.4 Å². The summed E-state index contributed by atoms with van der Waals surface area (Å²) in [5.74, 6) is 0.853. The first-order valence-electron chi connectivity index (χ1n) is 8.64. The van der Waals surface area contributed by atoms with Gasteiger partial charge >= 0.3 is 5.97 Å². The summed E-state index contributed by atoms with van der Waals surface area (Å²) in [4.78, 5) is 16.3. The molecule has 0 saturated heterocycles. The number of benzene rings is 2. The van der Waals surface area contributed by atoms with Crippen LogP contribution in [0.5, 0.6) is 17.2 Å². The molecule has 1 heterocycles. The van der Waals surface area contributed by atoms with Crippen LogP contribution in [0.15, 0.2) is 47.0 Å². The summed E-state index contributed by atoms with van der Waals surface area (Å²) in [6, 6.07) is 10.5. The van der Waals surface area contributed by atoms with E-state index in [2.05, 4.69) is 10.1 Å². The van der Waals surface area contributed by atoms with Gasteiger partial charge in [-0.1, -0.05) is 5.16 Å². The lowest BCUT2D eigenvalue weighted by atomic mass is 10.2. The molecular weight excluding hydrogens is 383 g/mol. The maximum absolute atomic E-state index is 12.9. The Bertz CT molecular complexity index is 973. The van der Waals surface area contributed by atoms with Crippen LogP contribution in [0.2, 0.25) is 0 Å². The standard InChI is InChI=1S/C20H19FN2O6/c1-12(28-14-6-4-13(21)5-7-14)20(24)27-11-18-22-19(23-29-18)16-9-8-15(25-2)10-17(16)26-3/h4-10,12H,11H2,1-3H3/t12-/m1/s1. The number of nitrogens with zero attached hydrogens (tertiary/aromatic N) is 2. The number of ether oxygens (including phenoxy) is 4. The molecule has 0 aliphatic rings. The first-order valence-corrected chi connectivity index (χ1v) is 8.64. The van der Waals surface area contributed by atoms with Crippen LogP contribution >= 0.6 is 0 Å². The second-order valence-corrected chi connectivity index (χ2v) is 5.90. The highest BCUT2D eigenvalue weighted by atomic mass is 19.1. The van der Waals surface area contributed by atoms with E-state index < -0.39 is 17.9 Å². The third-order valence-corrected chi connectivity index (χ3v) is 3.91. The van der Waals surface area contributed by atoms with Crippen LogP contribution in [0.4, 0.5) is 4.39 Å². The molecule has 0 saturated carbocycles. The average molecular weight is 402 g/mol. The fourth-order valence-electron chi connectivity index (χ4n) is 2.42. The van der Waals surface area contributed by atoms with Gasteiger partial charge in [-0.25, -0.2) is 9.18 Å². The minimum Gasteiger partial charge on any atom is -0.497 e. The smallest absolute Gasteiger partial charge is 0.347 e. The van der Waals surface area contributed by atoms with E-state index in [0.29, 0.717) is 22.8 Å². The summed E-state index contributed by atoms with van der Waals surface area (Å²) in [6.45, 7) is 1.30. The number of hydrogen-bond donors (Lipinski definition) is 0. The molecule has 0 aliphatic heterocycles. The van der Waals surface area contributed by atoms with E-state index in [1.807, 2.05) is 0 Å². The first-order chi connectivity index (χ1) is 14.0. The van der Waals surface area contributed by atoms with Crippen molar-refractivity contribution in [1.29, 1.82) is 0 Å². The van der Waals surface area contributed by atoms with Crippen LogP contribution in [0.1, 0.15) is 12.8 Å². The average Bonchev–Trinajstić information content (AvgIpc) is 3.21. The molecule has 1 aromatic heterocycles. The number of carbonyl (C=O) groups is 1. The molecule has 0 aliphatic carbocycles. The van der Waals surface area contributed by atoms with Crippen molar-refractivity contribution in [2.45, 2.75) is 19.6 Å². The zero-order chi connectivity index (χ0) is 20.8. The summed E-state index contributed by atoms with van der Waals surface area (Å²) in [5.41, 5.74) is 0.600. The van der Waals surface area contributed by atoms with Gasteiger partial charge in [-0.05, 0) is 43.3 Å². The Morgan fingerprint density at radius 2 is 1.83 bits per heavy atom. The summed E-state index contributed by atoms with van der Waals surface area (Å²) in [5, 5.41) is 3.88. The molecule has 0 unspecified atom stereocenters. The Balaban J connectivity index is 1.60. The minimum absolute atomic E-state index is 0.111. The van der Waals surface area contributed by atoms with E-state index in [1.54, 1.807) is 25.3 Å². The number of esters is 1. The van der Waals surface area contributed by atoms with Crippen molar-refractivity contribution in [2.24, 2.45) is 0 Å². The van der Waals surface area contributed by atoms with Crippen LogP contribution in [-0.2, 0) is 16.1 Å². The van der Waals surface area contributed by atoms with E-state index in [0.717, 1.165) is 0 Å². The first kappa shape index (κ1) is 20.1. The quantitative estimate of drug-likeness (QED) is 0.529. The predicted octanol–water partition coefficient (Wildman–Crippen LogP) is 3.40. The largest absolute Gasteiger partial charge is 0.497 e. The summed E-state index contributed by atoms with van der Waals surface area (Å²) in [7, 11) is 3.07. The van der Waals surface area contributed by atoms with Crippen LogP contribution < -0.4 is 14.2 Å². The molecule has 3 aromatic rings. The molecule has 9 heteroatoms. The van der Waals surface area contributed by atoms with Crippen LogP contribution in [0, 0.1) is 5.82 Å². The van der Waals surface area contributed by atoms with Gasteiger partial charge in [-0.15, -0.1) is 0 Å². The van der Waals surface area contributed by atoms with Crippen molar-refractivity contribution in [3.63, 3.8) is 0 Å². The topological polar surface area (TPSA) is 92.9 Å². The zero-order valence-electron chi connectivity index (χ0n) is 16.0. The Hall–Kier alpha value is -3.62. The van der Waals surface area contributed by atoms with Gasteiger partial charge in [-0.2, -0.15) is 4.98 Å². The summed E-state index contributed by atoms with van der Waals surface area (Å²) in [6.07, 6.45) is -0.899. The lowest BCUT2D eigenvalue weighted by Gasteiger charge is -2.13. The van der Waals surface area contributed by atoms with Gasteiger partial charge in [0.25, 0.3) is 5.89 Å². The molecule has 1 atom stereocenters. The van der Waals surface area contributed by atoms with Gasteiger partial charge in [0, 0.05) is 6.07 Å². The van der Waals surface area contributed by atoms with Crippen molar-refractivity contribution in [2.75, 3.05) is 14.2 Å².